The molecule has 0 aliphatic heterocycles. The number of rotatable bonds is 1. The van der Waals surface area contributed by atoms with Crippen molar-refractivity contribution in [3.8, 4) is 0 Å². The lowest BCUT2D eigenvalue weighted by molar-refractivity contribution is 0.0958. The molecular formula is C7H7ClN2O. The van der Waals surface area contributed by atoms with E-state index >= 15 is 0 Å². The van der Waals surface area contributed by atoms with E-state index in [0.29, 0.717) is 0 Å². The number of aromatic nitrogens is 1. The second-order valence-corrected chi connectivity index (χ2v) is 1.97. The lowest BCUT2D eigenvalue weighted by Gasteiger charge is -1.97. The van der Waals surface area contributed by atoms with Crippen LogP contribution in [-0.2, 0) is 0 Å². The third-order valence-electron chi connectivity index (χ3n) is 0.890. The van der Waals surface area contributed by atoms with Gasteiger partial charge in [0, 0.05) is 22.3 Å². The maximum atomic E-state index is 11.4. The molecule has 1 aromatic rings. The van der Waals surface area contributed by atoms with Gasteiger partial charge in [0.25, 0.3) is 5.91 Å². The number of nitrogens with one attached hydrogen (secondary N) is 1. The molecule has 0 unspecified atom stereocenters. The molecule has 0 radical (unpaired) electrons. The van der Waals surface area contributed by atoms with Gasteiger partial charge in [0.2, 0.25) is 0 Å². The van der Waals surface area contributed by atoms with E-state index in [1.54, 1.807) is 5.32 Å². The van der Waals surface area contributed by atoms with E-state index < -0.39 is 41.9 Å². The van der Waals surface area contributed by atoms with Gasteiger partial charge in [0.1, 0.15) is 5.69 Å². The second-order valence-electron chi connectivity index (χ2n) is 1.59. The number of amides is 1. The molecule has 0 bridgehead atoms. The average Bonchev–Trinajstić information content (AvgIpc) is 2.17. The first-order chi connectivity index (χ1) is 7.63. The van der Waals surface area contributed by atoms with Gasteiger partial charge in [-0.1, -0.05) is 11.6 Å². The maximum Gasteiger partial charge on any atom is 0.269 e. The van der Waals surface area contributed by atoms with Gasteiger partial charge < -0.3 is 5.32 Å². The van der Waals surface area contributed by atoms with Crippen molar-refractivity contribution in [2.24, 2.45) is 0 Å². The smallest absolute Gasteiger partial charge is 0.269 e. The largest absolute Gasteiger partial charge is 0.354 e. The zero-order chi connectivity index (χ0) is 13.4. The molecule has 58 valence electrons. The molecule has 0 atom stereocenters. The van der Waals surface area contributed by atoms with Crippen LogP contribution < -0.4 is 5.32 Å². The third kappa shape index (κ3) is 1.91. The maximum absolute atomic E-state index is 11.4. The highest BCUT2D eigenvalue weighted by Crippen LogP contribution is 2.07. The van der Waals surface area contributed by atoms with E-state index in [1.807, 2.05) is 0 Å². The molecule has 0 aliphatic carbocycles. The fourth-order valence-corrected chi connectivity index (χ4v) is 0.595. The molecule has 0 saturated carbocycles. The van der Waals surface area contributed by atoms with Crippen LogP contribution in [0.25, 0.3) is 0 Å². The molecule has 11 heavy (non-hydrogen) atoms. The minimum Gasteiger partial charge on any atom is -0.354 e. The van der Waals surface area contributed by atoms with Gasteiger partial charge in [-0.15, -0.1) is 0 Å². The molecule has 1 rings (SSSR count). The molecule has 3 nitrogen and oxygen atoms in total. The number of pyridine rings is 1. The Morgan fingerprint density at radius 1 is 2.00 bits per heavy atom. The van der Waals surface area contributed by atoms with Crippen LogP contribution in [-0.4, -0.2) is 17.9 Å². The van der Waals surface area contributed by atoms with Gasteiger partial charge in [0.05, 0.1) is 4.11 Å². The molecule has 0 aromatic carbocycles. The van der Waals surface area contributed by atoms with Gasteiger partial charge in [-0.05, 0) is 12.1 Å². The number of carbonyl (C=O) groups is 1. The fourth-order valence-electron chi connectivity index (χ4n) is 0.463. The van der Waals surface area contributed by atoms with Crippen LogP contribution >= 0.6 is 11.6 Å². The highest BCUT2D eigenvalue weighted by atomic mass is 35.5. The molecule has 1 amide bonds. The highest BCUT2D eigenvalue weighted by Gasteiger charge is 2.03. The number of nitrogens with zero attached hydrogens (tertiary/aromatic N) is 1. The first-order valence-electron chi connectivity index (χ1n) is 5.59. The zero-order valence-corrected chi connectivity index (χ0v) is 5.99. The van der Waals surface area contributed by atoms with E-state index in [4.69, 9.17) is 19.8 Å². The third-order valence-corrected chi connectivity index (χ3v) is 1.08. The Kier molecular flexibility index (Phi) is 0.945. The predicted octanol–water partition coefficient (Wildman–Crippen LogP) is 1.09. The SMILES string of the molecule is [2H]c1nc(C(=O)NC([2H])([2H])[2H])c([2H])c(Cl)c1[2H]. The minimum atomic E-state index is -2.72. The summed E-state index contributed by atoms with van der Waals surface area (Å²) in [4.78, 5) is 14.8. The number of hydrogen-bond acceptors (Lipinski definition) is 2. The van der Waals surface area contributed by atoms with Gasteiger partial charge in [-0.3, -0.25) is 9.78 Å². The molecule has 1 heterocycles. The molecule has 4 heteroatoms. The quantitative estimate of drug-likeness (QED) is 0.696. The molecular weight excluding hydrogens is 164 g/mol. The monoisotopic (exact) mass is 176 g/mol. The summed E-state index contributed by atoms with van der Waals surface area (Å²) < 4.78 is 42.4. The number of halogens is 1. The first kappa shape index (κ1) is 3.11. The van der Waals surface area contributed by atoms with Crippen molar-refractivity contribution in [1.29, 1.82) is 0 Å². The summed E-state index contributed by atoms with van der Waals surface area (Å²) in [7, 11) is 0. The van der Waals surface area contributed by atoms with Crippen LogP contribution in [0.3, 0.4) is 0 Å². The van der Waals surface area contributed by atoms with Crippen LogP contribution in [0.1, 0.15) is 18.7 Å². The Morgan fingerprint density at radius 3 is 3.55 bits per heavy atom. The summed E-state index contributed by atoms with van der Waals surface area (Å²) >= 11 is 5.55. The standard InChI is InChI=1S/C7H7ClN2O/c1-9-7(11)6-4-5(8)2-3-10-6/h2-4H,1H3,(H,9,11)/i1D3,2D,3D,4D. The highest BCUT2D eigenvalue weighted by molar-refractivity contribution is 6.30. The summed E-state index contributed by atoms with van der Waals surface area (Å²) in [6.45, 7) is -2.72. The van der Waals surface area contributed by atoms with E-state index in [1.165, 1.54) is 0 Å². The molecule has 0 fully saturated rings. The predicted molar refractivity (Wildman–Crippen MR) is 42.6 cm³/mol. The van der Waals surface area contributed by atoms with Gasteiger partial charge in [-0.25, -0.2) is 0 Å². The summed E-state index contributed by atoms with van der Waals surface area (Å²) in [6, 6.07) is -1.06. The lowest BCUT2D eigenvalue weighted by Crippen LogP contribution is -2.18. The van der Waals surface area contributed by atoms with E-state index in [-0.39, 0.29) is 0 Å². The molecule has 1 aromatic heterocycles. The number of carbonyl (C=O) groups excluding carboxylic acids is 1. The van der Waals surface area contributed by atoms with Crippen molar-refractivity contribution in [2.75, 3.05) is 6.98 Å². The summed E-state index contributed by atoms with van der Waals surface area (Å²) in [5.41, 5.74) is -0.591. The van der Waals surface area contributed by atoms with Crippen LogP contribution in [0.2, 0.25) is 5.02 Å². The summed E-state index contributed by atoms with van der Waals surface area (Å²) in [5, 5.41) is 1.21. The Morgan fingerprint density at radius 2 is 2.82 bits per heavy atom. The van der Waals surface area contributed by atoms with Crippen LogP contribution in [0, 0.1) is 0 Å². The zero-order valence-electron chi connectivity index (χ0n) is 11.2. The van der Waals surface area contributed by atoms with Crippen molar-refractivity contribution in [3.05, 3.63) is 29.0 Å². The number of hydrogen-bond donors (Lipinski definition) is 1. The topological polar surface area (TPSA) is 42.0 Å². The Labute approximate surface area is 77.8 Å². The Bertz CT molecular complexity index is 474. The van der Waals surface area contributed by atoms with Crippen molar-refractivity contribution < 1.29 is 13.0 Å². The second kappa shape index (κ2) is 3.34. The van der Waals surface area contributed by atoms with Gasteiger partial charge >= 0.3 is 0 Å². The van der Waals surface area contributed by atoms with Crippen molar-refractivity contribution >= 4 is 17.5 Å². The van der Waals surface area contributed by atoms with E-state index in [2.05, 4.69) is 4.98 Å². The molecule has 0 spiro atoms. The van der Waals surface area contributed by atoms with Crippen molar-refractivity contribution in [3.63, 3.8) is 0 Å². The Hall–Kier alpha value is -1.09. The fraction of sp³-hybridized carbons (Fsp3) is 0.143. The Balaban J connectivity index is 3.20. The molecule has 1 N–H and O–H groups in total. The van der Waals surface area contributed by atoms with Crippen LogP contribution in [0.5, 0.6) is 0 Å². The van der Waals surface area contributed by atoms with Crippen molar-refractivity contribution in [1.82, 2.24) is 10.3 Å². The lowest BCUT2D eigenvalue weighted by atomic mass is 10.3. The minimum absolute atomic E-state index is 0.416. The van der Waals surface area contributed by atoms with E-state index in [0.717, 1.165) is 0 Å². The van der Waals surface area contributed by atoms with Crippen molar-refractivity contribution in [2.45, 2.75) is 0 Å². The summed E-state index contributed by atoms with van der Waals surface area (Å²) in [6.07, 6.45) is -0.596. The summed E-state index contributed by atoms with van der Waals surface area (Å²) in [5.74, 6) is -1.13. The van der Waals surface area contributed by atoms with Gasteiger partial charge in [0.15, 0.2) is 0 Å². The molecule has 0 saturated heterocycles. The van der Waals surface area contributed by atoms with Crippen LogP contribution in [0.4, 0.5) is 0 Å². The normalized spacial score (nSPS) is 18.3. The van der Waals surface area contributed by atoms with E-state index in [9.17, 15) is 4.79 Å². The average molecular weight is 177 g/mol. The molecule has 0 aliphatic rings. The van der Waals surface area contributed by atoms with Crippen LogP contribution in [0.15, 0.2) is 18.3 Å². The van der Waals surface area contributed by atoms with Gasteiger partial charge in [-0.2, -0.15) is 0 Å². The first-order valence-corrected chi connectivity index (χ1v) is 2.97.